The zero-order chi connectivity index (χ0) is 22.8. The van der Waals surface area contributed by atoms with E-state index in [4.69, 9.17) is 9.47 Å². The fourth-order valence-electron chi connectivity index (χ4n) is 2.89. The maximum Gasteiger partial charge on any atom is 0.414 e. The highest BCUT2D eigenvalue weighted by Gasteiger charge is 2.32. The Bertz CT molecular complexity index is 1000. The normalized spacial score (nSPS) is 16.1. The minimum absolute atomic E-state index is 0.128. The van der Waals surface area contributed by atoms with Crippen LogP contribution in [0.25, 0.3) is 5.69 Å². The number of nitrogens with one attached hydrogen (secondary N) is 2. The largest absolute Gasteiger partial charge is 0.444 e. The molecule has 0 radical (unpaired) electrons. The first-order chi connectivity index (χ1) is 14.5. The van der Waals surface area contributed by atoms with Gasteiger partial charge in [-0.2, -0.15) is 5.10 Å². The lowest BCUT2D eigenvalue weighted by Crippen LogP contribution is -2.33. The first kappa shape index (κ1) is 22.1. The molecule has 1 aliphatic rings. The van der Waals surface area contributed by atoms with Crippen LogP contribution in [-0.2, 0) is 14.3 Å². The number of aromatic nitrogens is 2. The van der Waals surface area contributed by atoms with Gasteiger partial charge in [0.25, 0.3) is 0 Å². The molecule has 1 fully saturated rings. The lowest BCUT2D eigenvalue weighted by Gasteiger charge is -2.19. The summed E-state index contributed by atoms with van der Waals surface area (Å²) < 4.78 is 26.4. The van der Waals surface area contributed by atoms with Crippen molar-refractivity contribution < 1.29 is 28.2 Å². The molecule has 0 bridgehead atoms. The van der Waals surface area contributed by atoms with Crippen LogP contribution in [0.15, 0.2) is 30.6 Å². The molecule has 31 heavy (non-hydrogen) atoms. The van der Waals surface area contributed by atoms with E-state index in [-0.39, 0.29) is 24.7 Å². The van der Waals surface area contributed by atoms with Gasteiger partial charge in [-0.25, -0.2) is 18.7 Å². The van der Waals surface area contributed by atoms with Crippen LogP contribution in [-0.4, -0.2) is 52.7 Å². The molecule has 2 aromatic rings. The molecule has 1 aromatic carbocycles. The molecule has 3 rings (SSSR count). The Labute approximate surface area is 178 Å². The second-order valence-corrected chi connectivity index (χ2v) is 7.99. The first-order valence-electron chi connectivity index (χ1n) is 9.59. The van der Waals surface area contributed by atoms with E-state index >= 15 is 0 Å². The van der Waals surface area contributed by atoms with Gasteiger partial charge >= 0.3 is 12.2 Å². The van der Waals surface area contributed by atoms with Gasteiger partial charge in [-0.15, -0.1) is 0 Å². The summed E-state index contributed by atoms with van der Waals surface area (Å²) in [5.41, 5.74) is 0.126. The Morgan fingerprint density at radius 2 is 2.10 bits per heavy atom. The van der Waals surface area contributed by atoms with Crippen LogP contribution in [0.1, 0.15) is 27.7 Å². The van der Waals surface area contributed by atoms with E-state index in [1.165, 1.54) is 41.0 Å². The van der Waals surface area contributed by atoms with E-state index < -0.39 is 29.7 Å². The van der Waals surface area contributed by atoms with Crippen molar-refractivity contribution in [3.05, 3.63) is 36.4 Å². The summed E-state index contributed by atoms with van der Waals surface area (Å²) in [4.78, 5) is 36.3. The van der Waals surface area contributed by atoms with Crippen molar-refractivity contribution in [1.82, 2.24) is 15.1 Å². The average molecular weight is 433 g/mol. The molecule has 1 saturated heterocycles. The zero-order valence-corrected chi connectivity index (χ0v) is 17.6. The topological polar surface area (TPSA) is 115 Å². The summed E-state index contributed by atoms with van der Waals surface area (Å²) in [5.74, 6) is -0.854. The Kier molecular flexibility index (Phi) is 6.14. The van der Waals surface area contributed by atoms with Crippen molar-refractivity contribution in [2.75, 3.05) is 23.3 Å². The van der Waals surface area contributed by atoms with Gasteiger partial charge in [-0.05, 0) is 39.0 Å². The Morgan fingerprint density at radius 3 is 2.74 bits per heavy atom. The number of carbonyl (C=O) groups excluding carboxylic acids is 3. The molecule has 2 heterocycles. The SMILES string of the molecule is CC(=O)NC[C@H]1CN(c2ccc(-n3cc(NC(=O)OC(C)(C)C)cn3)c(F)c2)C(=O)O1. The standard InChI is InChI=1S/C20H24FN5O5/c1-12(27)22-9-15-11-25(19(29)30-15)14-5-6-17(16(21)7-14)26-10-13(8-23-26)24-18(28)31-20(2,3)4/h5-8,10,15H,9,11H2,1-4H3,(H,22,27)(H,24,28)/t15-/m0/s1. The highest BCUT2D eigenvalue weighted by Crippen LogP contribution is 2.26. The summed E-state index contributed by atoms with van der Waals surface area (Å²) in [7, 11) is 0. The second kappa shape index (κ2) is 8.62. The van der Waals surface area contributed by atoms with Gasteiger partial charge in [0.05, 0.1) is 36.9 Å². The van der Waals surface area contributed by atoms with Gasteiger partial charge in [-0.3, -0.25) is 15.0 Å². The van der Waals surface area contributed by atoms with Crippen LogP contribution in [0.4, 0.5) is 25.4 Å². The van der Waals surface area contributed by atoms with E-state index in [1.807, 2.05) is 0 Å². The number of rotatable bonds is 5. The highest BCUT2D eigenvalue weighted by molar-refractivity contribution is 5.90. The number of nitrogens with zero attached hydrogens (tertiary/aromatic N) is 3. The fraction of sp³-hybridized carbons (Fsp3) is 0.400. The molecule has 0 unspecified atom stereocenters. The third-order valence-electron chi connectivity index (χ3n) is 4.17. The molecule has 0 saturated carbocycles. The Hall–Kier alpha value is -3.63. The monoisotopic (exact) mass is 433 g/mol. The smallest absolute Gasteiger partial charge is 0.414 e. The quantitative estimate of drug-likeness (QED) is 0.749. The molecule has 1 atom stereocenters. The summed E-state index contributed by atoms with van der Waals surface area (Å²) in [6, 6.07) is 4.21. The van der Waals surface area contributed by atoms with Crippen molar-refractivity contribution >= 4 is 29.5 Å². The van der Waals surface area contributed by atoms with Crippen LogP contribution >= 0.6 is 0 Å². The van der Waals surface area contributed by atoms with Crippen molar-refractivity contribution in [2.24, 2.45) is 0 Å². The fourth-order valence-corrected chi connectivity index (χ4v) is 2.89. The predicted molar refractivity (Wildman–Crippen MR) is 110 cm³/mol. The molecule has 3 amide bonds. The molecular formula is C20H24FN5O5. The Morgan fingerprint density at radius 1 is 1.35 bits per heavy atom. The number of ether oxygens (including phenoxy) is 2. The average Bonchev–Trinajstić information content (AvgIpc) is 3.24. The van der Waals surface area contributed by atoms with Gasteiger partial charge < -0.3 is 14.8 Å². The number of hydrogen-bond donors (Lipinski definition) is 2. The maximum absolute atomic E-state index is 14.8. The molecule has 1 aromatic heterocycles. The Balaban J connectivity index is 1.69. The lowest BCUT2D eigenvalue weighted by molar-refractivity contribution is -0.119. The van der Waals surface area contributed by atoms with Crippen LogP contribution in [0.5, 0.6) is 0 Å². The van der Waals surface area contributed by atoms with Crippen molar-refractivity contribution in [2.45, 2.75) is 39.4 Å². The lowest BCUT2D eigenvalue weighted by atomic mass is 10.2. The van der Waals surface area contributed by atoms with Crippen molar-refractivity contribution in [1.29, 1.82) is 0 Å². The van der Waals surface area contributed by atoms with E-state index in [9.17, 15) is 18.8 Å². The molecule has 2 N–H and O–H groups in total. The number of benzene rings is 1. The number of hydrogen-bond acceptors (Lipinski definition) is 6. The minimum Gasteiger partial charge on any atom is -0.444 e. The van der Waals surface area contributed by atoms with E-state index in [1.54, 1.807) is 26.8 Å². The summed E-state index contributed by atoms with van der Waals surface area (Å²) in [6.45, 7) is 6.95. The number of halogens is 1. The third-order valence-corrected chi connectivity index (χ3v) is 4.17. The highest BCUT2D eigenvalue weighted by atomic mass is 19.1. The molecule has 1 aliphatic heterocycles. The van der Waals surface area contributed by atoms with E-state index in [2.05, 4.69) is 15.7 Å². The summed E-state index contributed by atoms with van der Waals surface area (Å²) >= 11 is 0. The van der Waals surface area contributed by atoms with Gasteiger partial charge in [0, 0.05) is 6.92 Å². The molecule has 166 valence electrons. The van der Waals surface area contributed by atoms with E-state index in [0.717, 1.165) is 0 Å². The van der Waals surface area contributed by atoms with Crippen LogP contribution in [0.2, 0.25) is 0 Å². The van der Waals surface area contributed by atoms with E-state index in [0.29, 0.717) is 11.4 Å². The number of amides is 3. The zero-order valence-electron chi connectivity index (χ0n) is 17.6. The third kappa shape index (κ3) is 5.71. The van der Waals surface area contributed by atoms with Gasteiger partial charge in [0.1, 0.15) is 17.4 Å². The van der Waals surface area contributed by atoms with Gasteiger partial charge in [0.2, 0.25) is 5.91 Å². The van der Waals surface area contributed by atoms with Gasteiger partial charge in [-0.1, -0.05) is 0 Å². The molecule has 11 heteroatoms. The number of anilines is 2. The number of carbonyl (C=O) groups is 3. The van der Waals surface area contributed by atoms with Crippen LogP contribution in [0.3, 0.4) is 0 Å². The molecule has 10 nitrogen and oxygen atoms in total. The molecule has 0 spiro atoms. The minimum atomic E-state index is -0.653. The van der Waals surface area contributed by atoms with Gasteiger partial charge in [0.15, 0.2) is 5.82 Å². The second-order valence-electron chi connectivity index (χ2n) is 7.99. The molecule has 0 aliphatic carbocycles. The summed E-state index contributed by atoms with van der Waals surface area (Å²) in [5, 5.41) is 9.16. The van der Waals surface area contributed by atoms with Crippen LogP contribution in [0, 0.1) is 5.82 Å². The van der Waals surface area contributed by atoms with Crippen molar-refractivity contribution in [3.63, 3.8) is 0 Å². The summed E-state index contributed by atoms with van der Waals surface area (Å²) in [6.07, 6.45) is 1.01. The van der Waals surface area contributed by atoms with Crippen LogP contribution < -0.4 is 15.5 Å². The predicted octanol–water partition coefficient (Wildman–Crippen LogP) is 2.82. The van der Waals surface area contributed by atoms with Crippen molar-refractivity contribution in [3.8, 4) is 5.69 Å². The maximum atomic E-state index is 14.8. The molecular weight excluding hydrogens is 409 g/mol. The number of cyclic esters (lactones) is 1. The first-order valence-corrected chi connectivity index (χ1v) is 9.59.